The second-order valence-electron chi connectivity index (χ2n) is 8.02. The van der Waals surface area contributed by atoms with Crippen LogP contribution in [-0.2, 0) is 22.4 Å². The molecule has 0 bridgehead atoms. The van der Waals surface area contributed by atoms with Gasteiger partial charge in [0.05, 0.1) is 12.3 Å². The van der Waals surface area contributed by atoms with E-state index < -0.39 is 0 Å². The molecule has 3 aromatic rings. The molecule has 0 saturated carbocycles. The van der Waals surface area contributed by atoms with Crippen molar-refractivity contribution in [1.29, 1.82) is 0 Å². The smallest absolute Gasteiger partial charge is 0.305 e. The summed E-state index contributed by atoms with van der Waals surface area (Å²) in [4.78, 5) is 21.5. The Kier molecular flexibility index (Phi) is 8.24. The lowest BCUT2D eigenvalue weighted by Crippen LogP contribution is -2.07. The lowest BCUT2D eigenvalue weighted by molar-refractivity contribution is -0.143. The first kappa shape index (κ1) is 23.5. The van der Waals surface area contributed by atoms with E-state index in [1.807, 2.05) is 6.92 Å². The number of ether oxygens (including phenoxy) is 1. The van der Waals surface area contributed by atoms with Crippen LogP contribution < -0.4 is 0 Å². The maximum atomic E-state index is 11.7. The van der Waals surface area contributed by atoms with Gasteiger partial charge in [-0.2, -0.15) is 0 Å². The zero-order valence-electron chi connectivity index (χ0n) is 19.0. The summed E-state index contributed by atoms with van der Waals surface area (Å²) >= 11 is 3.65. The molecule has 0 radical (unpaired) electrons. The molecule has 2 aromatic heterocycles. The fraction of sp³-hybridized carbons (Fsp3) is 0.480. The fourth-order valence-electron chi connectivity index (χ4n) is 3.66. The second kappa shape index (κ2) is 10.9. The summed E-state index contributed by atoms with van der Waals surface area (Å²) in [5, 5.41) is 0. The molecule has 0 unspecified atom stereocenters. The number of unbranched alkanes of at least 4 members (excludes halogenated alkanes) is 2. The van der Waals surface area contributed by atoms with Crippen LogP contribution >= 0.6 is 15.9 Å². The highest BCUT2D eigenvalue weighted by Crippen LogP contribution is 2.29. The third-order valence-corrected chi connectivity index (χ3v) is 6.70. The van der Waals surface area contributed by atoms with Crippen molar-refractivity contribution >= 4 is 33.1 Å². The minimum Gasteiger partial charge on any atom is -0.465 e. The van der Waals surface area contributed by atoms with E-state index in [1.54, 1.807) is 0 Å². The highest BCUT2D eigenvalue weighted by atomic mass is 79.9. The summed E-state index contributed by atoms with van der Waals surface area (Å²) in [6.07, 6.45) is 6.23. The van der Waals surface area contributed by atoms with Crippen molar-refractivity contribution in [2.45, 2.75) is 72.6 Å². The Hall–Kier alpha value is -2.21. The molecule has 3 rings (SSSR count). The summed E-state index contributed by atoms with van der Waals surface area (Å²) in [5.41, 5.74) is 6.16. The number of aromatic nitrogens is 3. The zero-order chi connectivity index (χ0) is 22.4. The first-order valence-electron chi connectivity index (χ1n) is 11.2. The molecule has 6 heteroatoms. The number of carbonyl (C=O) groups is 1. The van der Waals surface area contributed by atoms with Crippen LogP contribution in [0, 0.1) is 13.8 Å². The van der Waals surface area contributed by atoms with Gasteiger partial charge in [-0.1, -0.05) is 38.8 Å². The lowest BCUT2D eigenvalue weighted by atomic mass is 10.1. The number of pyridine rings is 1. The van der Waals surface area contributed by atoms with Crippen LogP contribution in [-0.4, -0.2) is 27.1 Å². The van der Waals surface area contributed by atoms with Gasteiger partial charge < -0.3 is 4.74 Å². The van der Waals surface area contributed by atoms with Crippen molar-refractivity contribution in [1.82, 2.24) is 14.5 Å². The Bertz CT molecular complexity index is 1040. The quantitative estimate of drug-likeness (QED) is 0.311. The van der Waals surface area contributed by atoms with Gasteiger partial charge >= 0.3 is 5.97 Å². The molecule has 0 amide bonds. The van der Waals surface area contributed by atoms with Crippen molar-refractivity contribution in [3.8, 4) is 5.69 Å². The lowest BCUT2D eigenvalue weighted by Gasteiger charge is -2.11. The van der Waals surface area contributed by atoms with E-state index in [0.29, 0.717) is 13.0 Å². The molecule has 0 N–H and O–H groups in total. The summed E-state index contributed by atoms with van der Waals surface area (Å²) in [6.45, 7) is 8.80. The Balaban J connectivity index is 1.84. The fourth-order valence-corrected chi connectivity index (χ4v) is 3.93. The van der Waals surface area contributed by atoms with Gasteiger partial charge in [0.1, 0.15) is 11.3 Å². The molecule has 0 saturated heterocycles. The van der Waals surface area contributed by atoms with Crippen LogP contribution in [0.25, 0.3) is 16.9 Å². The Morgan fingerprint density at radius 1 is 1.03 bits per heavy atom. The molecule has 0 atom stereocenters. The predicted molar refractivity (Wildman–Crippen MR) is 129 cm³/mol. The highest BCUT2D eigenvalue weighted by molar-refractivity contribution is 9.10. The maximum absolute atomic E-state index is 11.7. The number of halogens is 1. The summed E-state index contributed by atoms with van der Waals surface area (Å²) in [6, 6.07) is 8.42. The largest absolute Gasteiger partial charge is 0.465 e. The van der Waals surface area contributed by atoms with E-state index in [-0.39, 0.29) is 5.97 Å². The van der Waals surface area contributed by atoms with E-state index >= 15 is 0 Å². The van der Waals surface area contributed by atoms with Crippen molar-refractivity contribution in [2.75, 3.05) is 6.61 Å². The third-order valence-electron chi connectivity index (χ3n) is 5.53. The Morgan fingerprint density at radius 2 is 1.74 bits per heavy atom. The molecule has 1 aromatic carbocycles. The molecule has 0 fully saturated rings. The SMILES string of the molecule is CCCCC(=O)OCCc1ccc(-n2c(CCCC)nc3c(C)c(Br)c(C)nc32)cc1. The number of carbonyl (C=O) groups excluding carboxylic acids is 1. The van der Waals surface area contributed by atoms with Crippen molar-refractivity contribution in [2.24, 2.45) is 0 Å². The summed E-state index contributed by atoms with van der Waals surface area (Å²) < 4.78 is 8.55. The average Bonchev–Trinajstić information content (AvgIpc) is 3.13. The number of aryl methyl sites for hydroxylation is 3. The number of esters is 1. The zero-order valence-corrected chi connectivity index (χ0v) is 20.6. The first-order chi connectivity index (χ1) is 15.0. The van der Waals surface area contributed by atoms with Crippen LogP contribution in [0.3, 0.4) is 0 Å². The summed E-state index contributed by atoms with van der Waals surface area (Å²) in [5.74, 6) is 0.939. The third kappa shape index (κ3) is 5.53. The molecule has 0 spiro atoms. The molecular weight excluding hydrogens is 454 g/mol. The first-order valence-corrected chi connectivity index (χ1v) is 12.0. The molecule has 0 aliphatic heterocycles. The van der Waals surface area contributed by atoms with Crippen LogP contribution in [0.1, 0.15) is 68.6 Å². The van der Waals surface area contributed by atoms with Crippen molar-refractivity contribution in [3.05, 3.63) is 51.4 Å². The molecule has 0 aliphatic rings. The molecule has 2 heterocycles. The van der Waals surface area contributed by atoms with Gasteiger partial charge in [-0.25, -0.2) is 9.97 Å². The van der Waals surface area contributed by atoms with Gasteiger partial charge in [0.2, 0.25) is 0 Å². The van der Waals surface area contributed by atoms with E-state index in [2.05, 4.69) is 65.5 Å². The predicted octanol–water partition coefficient (Wildman–Crippen LogP) is 6.42. The number of nitrogens with zero attached hydrogens (tertiary/aromatic N) is 3. The van der Waals surface area contributed by atoms with Gasteiger partial charge in [0.15, 0.2) is 5.65 Å². The monoisotopic (exact) mass is 485 g/mol. The molecule has 5 nitrogen and oxygen atoms in total. The molecule has 166 valence electrons. The number of imidazole rings is 1. The van der Waals surface area contributed by atoms with E-state index in [4.69, 9.17) is 14.7 Å². The van der Waals surface area contributed by atoms with Crippen LogP contribution in [0.4, 0.5) is 0 Å². The molecular formula is C25H32BrN3O2. The number of benzene rings is 1. The minimum absolute atomic E-state index is 0.105. The van der Waals surface area contributed by atoms with E-state index in [9.17, 15) is 4.79 Å². The topological polar surface area (TPSA) is 57.0 Å². The normalized spacial score (nSPS) is 11.3. The standard InChI is InChI=1S/C25H32BrN3O2/c1-5-7-9-21-28-24-17(3)23(26)18(4)27-25(24)29(21)20-13-11-19(12-14-20)15-16-31-22(30)10-8-6-2/h11-14H,5-10,15-16H2,1-4H3. The number of hydrogen-bond acceptors (Lipinski definition) is 4. The van der Waals surface area contributed by atoms with Gasteiger partial charge in [-0.15, -0.1) is 0 Å². The van der Waals surface area contributed by atoms with Gasteiger partial charge in [-0.05, 0) is 65.9 Å². The second-order valence-corrected chi connectivity index (χ2v) is 8.81. The number of rotatable bonds is 10. The average molecular weight is 486 g/mol. The van der Waals surface area contributed by atoms with E-state index in [1.165, 1.54) is 0 Å². The van der Waals surface area contributed by atoms with Crippen molar-refractivity contribution < 1.29 is 9.53 Å². The van der Waals surface area contributed by atoms with Crippen LogP contribution in [0.2, 0.25) is 0 Å². The van der Waals surface area contributed by atoms with Crippen molar-refractivity contribution in [3.63, 3.8) is 0 Å². The maximum Gasteiger partial charge on any atom is 0.305 e. The van der Waals surface area contributed by atoms with Gasteiger partial charge in [-0.3, -0.25) is 9.36 Å². The number of hydrogen-bond donors (Lipinski definition) is 0. The van der Waals surface area contributed by atoms with Crippen LogP contribution in [0.15, 0.2) is 28.7 Å². The Morgan fingerprint density at radius 3 is 2.42 bits per heavy atom. The van der Waals surface area contributed by atoms with Gasteiger partial charge in [0.25, 0.3) is 0 Å². The molecule has 31 heavy (non-hydrogen) atoms. The molecule has 0 aliphatic carbocycles. The van der Waals surface area contributed by atoms with Gasteiger partial charge in [0, 0.05) is 29.4 Å². The van der Waals surface area contributed by atoms with E-state index in [0.717, 1.165) is 82.5 Å². The highest BCUT2D eigenvalue weighted by Gasteiger charge is 2.18. The minimum atomic E-state index is -0.105. The Labute approximate surface area is 193 Å². The van der Waals surface area contributed by atoms with Crippen LogP contribution in [0.5, 0.6) is 0 Å². The number of fused-ring (bicyclic) bond motifs is 1. The summed E-state index contributed by atoms with van der Waals surface area (Å²) in [7, 11) is 0.